The molecule has 2 aromatic carbocycles. The maximum Gasteiger partial charge on any atom is 0.325 e. The fourth-order valence-electron chi connectivity index (χ4n) is 3.12. The SMILES string of the molecule is Cc1ccc(CN(C)C(=O)CN2C(=O)N[C@@](C)(c3ccccc3)C2=O)cc1. The summed E-state index contributed by atoms with van der Waals surface area (Å²) in [7, 11) is 1.66. The number of nitrogens with one attached hydrogen (secondary N) is 1. The largest absolute Gasteiger partial charge is 0.340 e. The van der Waals surface area contributed by atoms with Crippen LogP contribution in [0, 0.1) is 6.92 Å². The average Bonchev–Trinajstić information content (AvgIpc) is 2.88. The van der Waals surface area contributed by atoms with Crippen molar-refractivity contribution in [3.8, 4) is 0 Å². The summed E-state index contributed by atoms with van der Waals surface area (Å²) in [5.41, 5.74) is 1.66. The summed E-state index contributed by atoms with van der Waals surface area (Å²) in [4.78, 5) is 40.3. The Hall–Kier alpha value is -3.15. The van der Waals surface area contributed by atoms with Crippen LogP contribution in [0.3, 0.4) is 0 Å². The molecule has 1 aliphatic heterocycles. The molecule has 140 valence electrons. The van der Waals surface area contributed by atoms with Crippen molar-refractivity contribution in [1.29, 1.82) is 0 Å². The van der Waals surface area contributed by atoms with Gasteiger partial charge in [0.2, 0.25) is 5.91 Å². The molecule has 6 heteroatoms. The third kappa shape index (κ3) is 3.69. The van der Waals surface area contributed by atoms with Gasteiger partial charge in [-0.3, -0.25) is 14.5 Å². The van der Waals surface area contributed by atoms with Gasteiger partial charge in [-0.2, -0.15) is 0 Å². The maximum atomic E-state index is 12.9. The first-order valence-corrected chi connectivity index (χ1v) is 8.80. The normalized spacial score (nSPS) is 19.1. The Kier molecular flexibility index (Phi) is 4.99. The van der Waals surface area contributed by atoms with Gasteiger partial charge in [0, 0.05) is 13.6 Å². The Bertz CT molecular complexity index is 864. The quantitative estimate of drug-likeness (QED) is 0.828. The smallest absolute Gasteiger partial charge is 0.325 e. The van der Waals surface area contributed by atoms with Crippen LogP contribution >= 0.6 is 0 Å². The highest BCUT2D eigenvalue weighted by molar-refractivity contribution is 6.09. The number of likely N-dealkylation sites (N-methyl/N-ethyl adjacent to an activating group) is 1. The minimum atomic E-state index is -1.16. The molecule has 0 spiro atoms. The van der Waals surface area contributed by atoms with Gasteiger partial charge in [-0.25, -0.2) is 4.79 Å². The van der Waals surface area contributed by atoms with E-state index in [0.717, 1.165) is 16.0 Å². The predicted molar refractivity (Wildman–Crippen MR) is 102 cm³/mol. The van der Waals surface area contributed by atoms with Gasteiger partial charge in [-0.05, 0) is 25.0 Å². The molecule has 0 unspecified atom stereocenters. The highest BCUT2D eigenvalue weighted by atomic mass is 16.2. The molecule has 6 nitrogen and oxygen atoms in total. The van der Waals surface area contributed by atoms with Crippen LogP contribution in [0.2, 0.25) is 0 Å². The van der Waals surface area contributed by atoms with Crippen molar-refractivity contribution < 1.29 is 14.4 Å². The number of rotatable bonds is 5. The van der Waals surface area contributed by atoms with Gasteiger partial charge in [0.25, 0.3) is 5.91 Å². The highest BCUT2D eigenvalue weighted by Gasteiger charge is 2.49. The molecule has 27 heavy (non-hydrogen) atoms. The molecule has 0 aliphatic carbocycles. The summed E-state index contributed by atoms with van der Waals surface area (Å²) in [6.45, 7) is 3.79. The summed E-state index contributed by atoms with van der Waals surface area (Å²) in [6, 6.07) is 16.4. The Morgan fingerprint density at radius 2 is 1.70 bits per heavy atom. The second kappa shape index (κ2) is 7.23. The monoisotopic (exact) mass is 365 g/mol. The fourth-order valence-corrected chi connectivity index (χ4v) is 3.12. The Morgan fingerprint density at radius 1 is 1.07 bits per heavy atom. The molecule has 1 N–H and O–H groups in total. The fraction of sp³-hybridized carbons (Fsp3) is 0.286. The van der Waals surface area contributed by atoms with Crippen LogP contribution in [0.15, 0.2) is 54.6 Å². The number of urea groups is 1. The number of amides is 4. The second-order valence-electron chi connectivity index (χ2n) is 7.05. The minimum absolute atomic E-state index is 0.282. The first kappa shape index (κ1) is 18.6. The molecule has 1 saturated heterocycles. The summed E-state index contributed by atoms with van der Waals surface area (Å²) in [5.74, 6) is -0.716. The number of imide groups is 1. The van der Waals surface area contributed by atoms with E-state index in [4.69, 9.17) is 0 Å². The van der Waals surface area contributed by atoms with Gasteiger partial charge in [0.05, 0.1) is 0 Å². The van der Waals surface area contributed by atoms with Crippen LogP contribution in [0.1, 0.15) is 23.6 Å². The van der Waals surface area contributed by atoms with Crippen molar-refractivity contribution in [2.24, 2.45) is 0 Å². The lowest BCUT2D eigenvalue weighted by Crippen LogP contribution is -2.43. The summed E-state index contributed by atoms with van der Waals surface area (Å²) >= 11 is 0. The van der Waals surface area contributed by atoms with E-state index in [1.807, 2.05) is 49.4 Å². The van der Waals surface area contributed by atoms with Gasteiger partial charge < -0.3 is 10.2 Å². The first-order valence-electron chi connectivity index (χ1n) is 8.80. The molecule has 0 bridgehead atoms. The molecule has 2 aromatic rings. The van der Waals surface area contributed by atoms with Gasteiger partial charge in [0.15, 0.2) is 0 Å². The van der Waals surface area contributed by atoms with Crippen LogP contribution in [0.25, 0.3) is 0 Å². The van der Waals surface area contributed by atoms with E-state index in [9.17, 15) is 14.4 Å². The lowest BCUT2D eigenvalue weighted by atomic mass is 9.92. The third-order valence-corrected chi connectivity index (χ3v) is 4.89. The third-order valence-electron chi connectivity index (χ3n) is 4.89. The number of carbonyl (C=O) groups excluding carboxylic acids is 3. The van der Waals surface area contributed by atoms with Crippen molar-refractivity contribution in [1.82, 2.24) is 15.1 Å². The Labute approximate surface area is 158 Å². The number of nitrogens with zero attached hydrogens (tertiary/aromatic N) is 2. The van der Waals surface area contributed by atoms with E-state index in [2.05, 4.69) is 5.32 Å². The molecular formula is C21H23N3O3. The zero-order valence-corrected chi connectivity index (χ0v) is 15.7. The summed E-state index contributed by atoms with van der Waals surface area (Å²) in [6.07, 6.45) is 0. The molecule has 3 rings (SSSR count). The van der Waals surface area contributed by atoms with Crippen molar-refractivity contribution in [3.05, 3.63) is 71.3 Å². The molecule has 1 heterocycles. The lowest BCUT2D eigenvalue weighted by Gasteiger charge is -2.23. The summed E-state index contributed by atoms with van der Waals surface area (Å²) < 4.78 is 0. The van der Waals surface area contributed by atoms with E-state index < -0.39 is 17.5 Å². The topological polar surface area (TPSA) is 69.7 Å². The molecular weight excluding hydrogens is 342 g/mol. The number of carbonyl (C=O) groups is 3. The Morgan fingerprint density at radius 3 is 2.33 bits per heavy atom. The van der Waals surface area contributed by atoms with Crippen LogP contribution in [0.5, 0.6) is 0 Å². The first-order chi connectivity index (χ1) is 12.8. The van der Waals surface area contributed by atoms with Gasteiger partial charge in [-0.15, -0.1) is 0 Å². The van der Waals surface area contributed by atoms with Crippen LogP contribution in [0.4, 0.5) is 4.79 Å². The predicted octanol–water partition coefficient (Wildman–Crippen LogP) is 2.42. The van der Waals surface area contributed by atoms with E-state index in [1.54, 1.807) is 26.1 Å². The molecule has 4 amide bonds. The molecule has 0 radical (unpaired) electrons. The molecule has 1 aliphatic rings. The van der Waals surface area contributed by atoms with Gasteiger partial charge >= 0.3 is 6.03 Å². The summed E-state index contributed by atoms with van der Waals surface area (Å²) in [5, 5.41) is 2.71. The van der Waals surface area contributed by atoms with Crippen molar-refractivity contribution in [2.75, 3.05) is 13.6 Å². The number of benzene rings is 2. The molecule has 1 fully saturated rings. The van der Waals surface area contributed by atoms with Crippen LogP contribution in [-0.4, -0.2) is 41.2 Å². The van der Waals surface area contributed by atoms with E-state index in [0.29, 0.717) is 12.1 Å². The van der Waals surface area contributed by atoms with Crippen molar-refractivity contribution in [2.45, 2.75) is 25.9 Å². The highest BCUT2D eigenvalue weighted by Crippen LogP contribution is 2.28. The molecule has 1 atom stereocenters. The minimum Gasteiger partial charge on any atom is -0.340 e. The van der Waals surface area contributed by atoms with Gasteiger partial charge in [0.1, 0.15) is 12.1 Å². The number of hydrogen-bond donors (Lipinski definition) is 1. The average molecular weight is 365 g/mol. The van der Waals surface area contributed by atoms with E-state index in [1.165, 1.54) is 4.90 Å². The van der Waals surface area contributed by atoms with Crippen LogP contribution in [-0.2, 0) is 21.7 Å². The van der Waals surface area contributed by atoms with Gasteiger partial charge in [-0.1, -0.05) is 60.2 Å². The number of hydrogen-bond acceptors (Lipinski definition) is 3. The number of aryl methyl sites for hydroxylation is 1. The van der Waals surface area contributed by atoms with Crippen molar-refractivity contribution >= 4 is 17.8 Å². The molecule has 0 saturated carbocycles. The molecule has 0 aromatic heterocycles. The van der Waals surface area contributed by atoms with Crippen LogP contribution < -0.4 is 5.32 Å². The maximum absolute atomic E-state index is 12.9. The van der Waals surface area contributed by atoms with E-state index in [-0.39, 0.29) is 12.5 Å². The van der Waals surface area contributed by atoms with E-state index >= 15 is 0 Å². The Balaban J connectivity index is 1.69. The zero-order valence-electron chi connectivity index (χ0n) is 15.7. The van der Waals surface area contributed by atoms with Crippen molar-refractivity contribution in [3.63, 3.8) is 0 Å². The zero-order chi connectivity index (χ0) is 19.6. The lowest BCUT2D eigenvalue weighted by molar-refractivity contribution is -0.138. The standard InChI is InChI=1S/C21H23N3O3/c1-15-9-11-16(12-10-15)13-23(3)18(25)14-24-19(26)21(2,22-20(24)27)17-7-5-4-6-8-17/h4-12H,13-14H2,1-3H3,(H,22,27)/t21-/m0/s1. The second-order valence-corrected chi connectivity index (χ2v) is 7.05.